The molecule has 0 aliphatic rings. The second kappa shape index (κ2) is 12.8. The first-order valence-electron chi connectivity index (χ1n) is 10.1. The van der Waals surface area contributed by atoms with Gasteiger partial charge in [-0.2, -0.15) is 0 Å². The topological polar surface area (TPSA) is 50.4 Å². The molecule has 27 heavy (non-hydrogen) atoms. The van der Waals surface area contributed by atoms with Gasteiger partial charge in [0.05, 0.1) is 13.2 Å². The van der Waals surface area contributed by atoms with Crippen LogP contribution in [0.5, 0.6) is 5.75 Å². The van der Waals surface area contributed by atoms with Crippen LogP contribution < -0.4 is 15.4 Å². The van der Waals surface area contributed by atoms with Gasteiger partial charge < -0.3 is 15.4 Å². The van der Waals surface area contributed by atoms with Crippen molar-refractivity contribution >= 4 is 11.6 Å². The van der Waals surface area contributed by atoms with Gasteiger partial charge in [-0.05, 0) is 30.5 Å². The van der Waals surface area contributed by atoms with Crippen molar-refractivity contribution in [3.05, 3.63) is 60.2 Å². The predicted octanol–water partition coefficient (Wildman–Crippen LogP) is 4.81. The lowest BCUT2D eigenvalue weighted by molar-refractivity contribution is -0.119. The van der Waals surface area contributed by atoms with Gasteiger partial charge in [-0.1, -0.05) is 69.0 Å². The largest absolute Gasteiger partial charge is 0.494 e. The molecule has 4 heteroatoms. The van der Waals surface area contributed by atoms with E-state index in [9.17, 15) is 4.79 Å². The maximum absolute atomic E-state index is 12.0. The number of ether oxygens (including phenoxy) is 1. The first kappa shape index (κ1) is 20.8. The van der Waals surface area contributed by atoms with E-state index in [4.69, 9.17) is 4.74 Å². The number of hydrogen-bond donors (Lipinski definition) is 2. The average Bonchev–Trinajstić information content (AvgIpc) is 2.70. The molecule has 0 heterocycles. The molecule has 0 bridgehead atoms. The minimum atomic E-state index is -0.00632. The molecule has 0 saturated heterocycles. The van der Waals surface area contributed by atoms with E-state index >= 15 is 0 Å². The smallest absolute Gasteiger partial charge is 0.239 e. The highest BCUT2D eigenvalue weighted by Crippen LogP contribution is 2.17. The van der Waals surface area contributed by atoms with Gasteiger partial charge in [-0.3, -0.25) is 4.79 Å². The zero-order valence-electron chi connectivity index (χ0n) is 16.4. The normalized spacial score (nSPS) is 10.4. The lowest BCUT2D eigenvalue weighted by atomic mass is 10.1. The summed E-state index contributed by atoms with van der Waals surface area (Å²) in [6.07, 6.45) is 6.98. The fraction of sp³-hybridized carbons (Fsp3) is 0.435. The number of unbranched alkanes of at least 4 members (excludes halogenated alkanes) is 4. The van der Waals surface area contributed by atoms with Gasteiger partial charge in [0.2, 0.25) is 5.91 Å². The average molecular weight is 369 g/mol. The molecule has 2 aromatic carbocycles. The van der Waals surface area contributed by atoms with E-state index in [1.54, 1.807) is 0 Å². The SMILES string of the molecule is CCCCCCCOc1cccc(NCC(=O)NCCc2ccccc2)c1. The van der Waals surface area contributed by atoms with Crippen molar-refractivity contribution in [2.24, 2.45) is 0 Å². The van der Waals surface area contributed by atoms with Crippen molar-refractivity contribution < 1.29 is 9.53 Å². The highest BCUT2D eigenvalue weighted by Gasteiger charge is 2.02. The number of carbonyl (C=O) groups is 1. The van der Waals surface area contributed by atoms with E-state index in [1.165, 1.54) is 31.2 Å². The second-order valence-electron chi connectivity index (χ2n) is 6.73. The maximum atomic E-state index is 12.0. The van der Waals surface area contributed by atoms with E-state index in [1.807, 2.05) is 42.5 Å². The lowest BCUT2D eigenvalue weighted by Crippen LogP contribution is -2.31. The van der Waals surface area contributed by atoms with Crippen LogP contribution in [0.4, 0.5) is 5.69 Å². The van der Waals surface area contributed by atoms with Crippen LogP contribution in [0.1, 0.15) is 44.6 Å². The van der Waals surface area contributed by atoms with Crippen molar-refractivity contribution in [1.29, 1.82) is 0 Å². The summed E-state index contributed by atoms with van der Waals surface area (Å²) in [4.78, 5) is 12.0. The Morgan fingerprint density at radius 3 is 2.59 bits per heavy atom. The molecule has 0 atom stereocenters. The zero-order chi connectivity index (χ0) is 19.2. The highest BCUT2D eigenvalue weighted by atomic mass is 16.5. The molecular weight excluding hydrogens is 336 g/mol. The Morgan fingerprint density at radius 1 is 0.963 bits per heavy atom. The molecule has 0 aromatic heterocycles. The Labute approximate surface area is 163 Å². The third-order valence-electron chi connectivity index (χ3n) is 4.38. The first-order valence-corrected chi connectivity index (χ1v) is 10.1. The minimum absolute atomic E-state index is 0.00632. The minimum Gasteiger partial charge on any atom is -0.494 e. The summed E-state index contributed by atoms with van der Waals surface area (Å²) in [5.41, 5.74) is 2.13. The molecule has 0 radical (unpaired) electrons. The van der Waals surface area contributed by atoms with Gasteiger partial charge in [0, 0.05) is 18.3 Å². The van der Waals surface area contributed by atoms with Crippen LogP contribution in [0.3, 0.4) is 0 Å². The molecular formula is C23H32N2O2. The van der Waals surface area contributed by atoms with Crippen molar-refractivity contribution in [3.63, 3.8) is 0 Å². The van der Waals surface area contributed by atoms with Gasteiger partial charge in [0.1, 0.15) is 5.75 Å². The number of amides is 1. The fourth-order valence-electron chi connectivity index (χ4n) is 2.83. The summed E-state index contributed by atoms with van der Waals surface area (Å²) in [7, 11) is 0. The number of benzene rings is 2. The molecule has 0 aliphatic heterocycles. The first-order chi connectivity index (χ1) is 13.3. The molecule has 0 spiro atoms. The van der Waals surface area contributed by atoms with Gasteiger partial charge in [0.25, 0.3) is 0 Å². The molecule has 2 rings (SSSR count). The summed E-state index contributed by atoms with van der Waals surface area (Å²) in [5.74, 6) is 0.841. The summed E-state index contributed by atoms with van der Waals surface area (Å²) in [6, 6.07) is 18.0. The molecule has 0 saturated carbocycles. The Balaban J connectivity index is 1.62. The van der Waals surface area contributed by atoms with Crippen molar-refractivity contribution in [1.82, 2.24) is 5.32 Å². The van der Waals surface area contributed by atoms with E-state index < -0.39 is 0 Å². The molecule has 146 valence electrons. The summed E-state index contributed by atoms with van der Waals surface area (Å²) in [5, 5.41) is 6.10. The Kier molecular flexibility index (Phi) is 9.87. The van der Waals surface area contributed by atoms with Crippen LogP contribution in [0, 0.1) is 0 Å². The van der Waals surface area contributed by atoms with Crippen LogP contribution in [-0.2, 0) is 11.2 Å². The van der Waals surface area contributed by atoms with Crippen LogP contribution in [0.15, 0.2) is 54.6 Å². The quantitative estimate of drug-likeness (QED) is 0.499. The third kappa shape index (κ3) is 9.13. The van der Waals surface area contributed by atoms with Gasteiger partial charge >= 0.3 is 0 Å². The van der Waals surface area contributed by atoms with E-state index in [2.05, 4.69) is 29.7 Å². The number of rotatable bonds is 13. The lowest BCUT2D eigenvalue weighted by Gasteiger charge is -2.10. The Bertz CT molecular complexity index is 658. The standard InChI is InChI=1S/C23H32N2O2/c1-2-3-4-5-9-17-27-22-14-10-13-21(18-22)25-19-23(26)24-16-15-20-11-7-6-8-12-20/h6-8,10-14,18,25H,2-5,9,15-17,19H2,1H3,(H,24,26). The molecule has 2 N–H and O–H groups in total. The Morgan fingerprint density at radius 2 is 1.78 bits per heavy atom. The van der Waals surface area contributed by atoms with Crippen molar-refractivity contribution in [2.45, 2.75) is 45.4 Å². The summed E-state index contributed by atoms with van der Waals surface area (Å²) in [6.45, 7) is 3.87. The number of carbonyl (C=O) groups excluding carboxylic acids is 1. The van der Waals surface area contributed by atoms with E-state index in [0.717, 1.165) is 30.9 Å². The molecule has 0 unspecified atom stereocenters. The van der Waals surface area contributed by atoms with E-state index in [-0.39, 0.29) is 12.5 Å². The summed E-state index contributed by atoms with van der Waals surface area (Å²) >= 11 is 0. The van der Waals surface area contributed by atoms with Crippen LogP contribution in [0.2, 0.25) is 0 Å². The molecule has 1 amide bonds. The van der Waals surface area contributed by atoms with Crippen LogP contribution >= 0.6 is 0 Å². The third-order valence-corrected chi connectivity index (χ3v) is 4.38. The fourth-order valence-corrected chi connectivity index (χ4v) is 2.83. The number of anilines is 1. The summed E-state index contributed by atoms with van der Waals surface area (Å²) < 4.78 is 5.81. The predicted molar refractivity (Wildman–Crippen MR) is 112 cm³/mol. The molecule has 4 nitrogen and oxygen atoms in total. The maximum Gasteiger partial charge on any atom is 0.239 e. The monoisotopic (exact) mass is 368 g/mol. The van der Waals surface area contributed by atoms with Gasteiger partial charge in [0.15, 0.2) is 0 Å². The van der Waals surface area contributed by atoms with Gasteiger partial charge in [-0.25, -0.2) is 0 Å². The molecule has 2 aromatic rings. The molecule has 0 aliphatic carbocycles. The Hall–Kier alpha value is -2.49. The molecule has 0 fully saturated rings. The van der Waals surface area contributed by atoms with Crippen molar-refractivity contribution in [2.75, 3.05) is 25.0 Å². The van der Waals surface area contributed by atoms with Crippen LogP contribution in [0.25, 0.3) is 0 Å². The highest BCUT2D eigenvalue weighted by molar-refractivity contribution is 5.80. The van der Waals surface area contributed by atoms with Crippen molar-refractivity contribution in [3.8, 4) is 5.75 Å². The number of nitrogens with one attached hydrogen (secondary N) is 2. The van der Waals surface area contributed by atoms with Crippen LogP contribution in [-0.4, -0.2) is 25.6 Å². The second-order valence-corrected chi connectivity index (χ2v) is 6.73. The number of hydrogen-bond acceptors (Lipinski definition) is 3. The van der Waals surface area contributed by atoms with E-state index in [0.29, 0.717) is 6.54 Å². The van der Waals surface area contributed by atoms with Gasteiger partial charge in [-0.15, -0.1) is 0 Å². The zero-order valence-corrected chi connectivity index (χ0v) is 16.4.